The van der Waals surface area contributed by atoms with E-state index in [1.54, 1.807) is 0 Å². The van der Waals surface area contributed by atoms with Gasteiger partial charge < -0.3 is 0 Å². The second kappa shape index (κ2) is 6.66. The van der Waals surface area contributed by atoms with Gasteiger partial charge in [-0.2, -0.15) is 0 Å². The van der Waals surface area contributed by atoms with Crippen molar-refractivity contribution in [2.45, 2.75) is 53.2 Å². The summed E-state index contributed by atoms with van der Waals surface area (Å²) in [6.07, 6.45) is 0.391. The maximum atomic E-state index is 8.60. The predicted molar refractivity (Wildman–Crippen MR) is 117 cm³/mol. The van der Waals surface area contributed by atoms with Gasteiger partial charge in [0.25, 0.3) is 0 Å². The van der Waals surface area contributed by atoms with Crippen molar-refractivity contribution in [1.82, 2.24) is 0 Å². The highest BCUT2D eigenvalue weighted by atomic mass is 28.3. The van der Waals surface area contributed by atoms with Crippen LogP contribution in [0.15, 0.2) is 42.6 Å². The van der Waals surface area contributed by atoms with Crippen LogP contribution in [0.2, 0.25) is 19.6 Å². The normalized spacial score (nSPS) is 17.7. The molecule has 136 valence electrons. The van der Waals surface area contributed by atoms with Crippen molar-refractivity contribution in [2.24, 2.45) is 7.05 Å². The first kappa shape index (κ1) is 13.3. The molecule has 0 saturated carbocycles. The molecule has 0 bridgehead atoms. The Morgan fingerprint density at radius 3 is 2.50 bits per heavy atom. The van der Waals surface area contributed by atoms with Gasteiger partial charge in [0.2, 0.25) is 5.69 Å². The summed E-state index contributed by atoms with van der Waals surface area (Å²) >= 11 is 0. The third-order valence-corrected chi connectivity index (χ3v) is 7.32. The number of aromatic nitrogens is 1. The molecule has 2 aromatic carbocycles. The van der Waals surface area contributed by atoms with Crippen LogP contribution in [-0.2, 0) is 7.05 Å². The molecule has 0 aliphatic carbocycles. The van der Waals surface area contributed by atoms with E-state index in [0.29, 0.717) is 11.7 Å². The van der Waals surface area contributed by atoms with Gasteiger partial charge in [-0.3, -0.25) is 0 Å². The Bertz CT molecular complexity index is 1170. The number of hydrogen-bond donors (Lipinski definition) is 0. The first-order valence-corrected chi connectivity index (χ1v) is 12.6. The van der Waals surface area contributed by atoms with Gasteiger partial charge in [-0.05, 0) is 54.0 Å². The Hall–Kier alpha value is -1.93. The Balaban J connectivity index is 2.40. The molecule has 3 aromatic rings. The van der Waals surface area contributed by atoms with Gasteiger partial charge in [-0.15, -0.1) is 0 Å². The molecule has 0 N–H and O–H groups in total. The third-order valence-electron chi connectivity index (χ3n) is 5.28. The zero-order valence-corrected chi connectivity index (χ0v) is 17.9. The van der Waals surface area contributed by atoms with E-state index in [1.165, 1.54) is 12.1 Å². The van der Waals surface area contributed by atoms with Crippen molar-refractivity contribution in [1.29, 1.82) is 0 Å². The van der Waals surface area contributed by atoms with Crippen molar-refractivity contribution in [3.05, 3.63) is 59.3 Å². The van der Waals surface area contributed by atoms with Crippen molar-refractivity contribution < 1.29 is 11.4 Å². The molecule has 1 atom stereocenters. The van der Waals surface area contributed by atoms with Gasteiger partial charge in [0.1, 0.15) is 8.42 Å². The van der Waals surface area contributed by atoms with Crippen LogP contribution >= 0.6 is 0 Å². The number of hydrogen-bond acceptors (Lipinski definition) is 0. The minimum Gasteiger partial charge on any atom is -0.200 e. The number of pyridine rings is 1. The summed E-state index contributed by atoms with van der Waals surface area (Å²) in [6.45, 7) is 9.90. The maximum absolute atomic E-state index is 8.60. The van der Waals surface area contributed by atoms with Crippen LogP contribution in [0.4, 0.5) is 0 Å². The Morgan fingerprint density at radius 1 is 1.12 bits per heavy atom. The lowest BCUT2D eigenvalue weighted by Crippen LogP contribution is -2.37. The van der Waals surface area contributed by atoms with Crippen molar-refractivity contribution in [2.75, 3.05) is 0 Å². The zero-order chi connectivity index (χ0) is 23.5. The smallest absolute Gasteiger partial charge is 0.200 e. The number of benzene rings is 2. The molecule has 26 heavy (non-hydrogen) atoms. The van der Waals surface area contributed by atoms with Crippen molar-refractivity contribution in [3.63, 3.8) is 0 Å². The standard InChI is InChI=1S/C24H32NSi/c1-16(2)20-13-17(3)18(4)23(15-20)24-22-10-9-21(26(6,7)8)14-19(22)11-12-25(24)5/h9-16H,1-8H3/q+1/i1D3,12D,16D. The predicted octanol–water partition coefficient (Wildman–Crippen LogP) is 5.62. The average Bonchev–Trinajstić information content (AvgIpc) is 2.63. The number of rotatable bonds is 3. The van der Waals surface area contributed by atoms with Crippen molar-refractivity contribution in [3.8, 4) is 11.3 Å². The van der Waals surface area contributed by atoms with E-state index in [4.69, 9.17) is 6.85 Å². The average molecular weight is 368 g/mol. The fourth-order valence-electron chi connectivity index (χ4n) is 3.42. The molecule has 1 unspecified atom stereocenters. The van der Waals surface area contributed by atoms with E-state index in [-0.39, 0.29) is 0 Å². The summed E-state index contributed by atoms with van der Waals surface area (Å²) in [5, 5.41) is 3.38. The second-order valence-electron chi connectivity index (χ2n) is 8.32. The first-order chi connectivity index (χ1) is 14.1. The number of aryl methyl sites for hydroxylation is 1. The van der Waals surface area contributed by atoms with Crippen LogP contribution in [0.5, 0.6) is 0 Å². The highest BCUT2D eigenvalue weighted by molar-refractivity contribution is 6.88. The monoisotopic (exact) mass is 367 g/mol. The largest absolute Gasteiger partial charge is 0.220 e. The molecule has 0 spiro atoms. The van der Waals surface area contributed by atoms with E-state index in [2.05, 4.69) is 37.8 Å². The molecule has 1 nitrogen and oxygen atoms in total. The first-order valence-electron chi connectivity index (χ1n) is 11.6. The molecule has 1 heterocycles. The summed E-state index contributed by atoms with van der Waals surface area (Å²) < 4.78 is 42.6. The molecular weight excluding hydrogens is 330 g/mol. The van der Waals surface area contributed by atoms with Crippen LogP contribution in [-0.4, -0.2) is 8.07 Å². The molecule has 0 fully saturated rings. The topological polar surface area (TPSA) is 3.88 Å². The molecule has 2 heteroatoms. The number of nitrogens with zero attached hydrogens (tertiary/aromatic N) is 1. The molecule has 0 aliphatic rings. The lowest BCUT2D eigenvalue weighted by Gasteiger charge is -2.18. The SMILES string of the molecule is [2H]c1cc2cc([Si](C)(C)C)ccc2c(-c2cc(C([2H])(C)C([2H])([2H])[2H])cc(C)c2C)[n+]1C. The van der Waals surface area contributed by atoms with Gasteiger partial charge >= 0.3 is 0 Å². The Labute approximate surface area is 166 Å². The highest BCUT2D eigenvalue weighted by Crippen LogP contribution is 2.32. The molecule has 0 saturated heterocycles. The maximum Gasteiger partial charge on any atom is 0.220 e. The van der Waals surface area contributed by atoms with E-state index in [0.717, 1.165) is 33.2 Å². The minimum absolute atomic E-state index is 0.391. The fraction of sp³-hybridized carbons (Fsp3) is 0.375. The lowest BCUT2D eigenvalue weighted by atomic mass is 9.91. The quantitative estimate of drug-likeness (QED) is 0.418. The van der Waals surface area contributed by atoms with Crippen LogP contribution in [0.25, 0.3) is 22.0 Å². The molecule has 0 amide bonds. The van der Waals surface area contributed by atoms with E-state index < -0.39 is 20.8 Å². The highest BCUT2D eigenvalue weighted by Gasteiger charge is 2.22. The molecule has 1 aromatic heterocycles. The summed E-state index contributed by atoms with van der Waals surface area (Å²) in [6, 6.07) is 12.1. The molecule has 0 radical (unpaired) electrons. The van der Waals surface area contributed by atoms with E-state index >= 15 is 0 Å². The van der Waals surface area contributed by atoms with Gasteiger partial charge in [-0.1, -0.05) is 56.8 Å². The summed E-state index contributed by atoms with van der Waals surface area (Å²) in [5.74, 6) is -1.72. The van der Waals surface area contributed by atoms with Crippen molar-refractivity contribution >= 4 is 24.0 Å². The minimum atomic E-state index is -2.44. The zero-order valence-electron chi connectivity index (χ0n) is 21.9. The van der Waals surface area contributed by atoms with Gasteiger partial charge in [0, 0.05) is 11.5 Å². The van der Waals surface area contributed by atoms with Crippen LogP contribution in [0, 0.1) is 13.8 Å². The second-order valence-corrected chi connectivity index (χ2v) is 13.4. The molecular formula is C24H32NSi+. The van der Waals surface area contributed by atoms with Gasteiger partial charge in [0.15, 0.2) is 6.17 Å². The number of fused-ring (bicyclic) bond motifs is 1. The lowest BCUT2D eigenvalue weighted by molar-refractivity contribution is -0.659. The van der Waals surface area contributed by atoms with Gasteiger partial charge in [0.05, 0.1) is 19.0 Å². The molecule has 0 aliphatic heterocycles. The summed E-state index contributed by atoms with van der Waals surface area (Å²) in [7, 11) is 0.361. The van der Waals surface area contributed by atoms with Gasteiger partial charge in [-0.25, -0.2) is 4.57 Å². The fourth-order valence-corrected chi connectivity index (χ4v) is 4.60. The van der Waals surface area contributed by atoms with Crippen LogP contribution in [0.1, 0.15) is 43.2 Å². The summed E-state index contributed by atoms with van der Waals surface area (Å²) in [5.41, 5.74) is 4.20. The third kappa shape index (κ3) is 3.35. The van der Waals surface area contributed by atoms with Crippen LogP contribution in [0.3, 0.4) is 0 Å². The Kier molecular flexibility index (Phi) is 3.40. The van der Waals surface area contributed by atoms with E-state index in [1.807, 2.05) is 43.7 Å². The molecule has 3 rings (SSSR count). The van der Waals surface area contributed by atoms with E-state index in [9.17, 15) is 0 Å². The van der Waals surface area contributed by atoms with Crippen LogP contribution < -0.4 is 9.75 Å². The summed E-state index contributed by atoms with van der Waals surface area (Å²) in [4.78, 5) is 0. The Morgan fingerprint density at radius 2 is 1.85 bits per heavy atom.